The quantitative estimate of drug-likeness (QED) is 0.503. The average molecular weight is 151 g/mol. The van der Waals surface area contributed by atoms with Gasteiger partial charge in [0.15, 0.2) is 0 Å². The molecule has 2 bridgehead atoms. The van der Waals surface area contributed by atoms with Gasteiger partial charge in [0.25, 0.3) is 0 Å². The van der Waals surface area contributed by atoms with Crippen LogP contribution in [0.15, 0.2) is 0 Å². The molecule has 3 aliphatic rings. The van der Waals surface area contributed by atoms with Crippen LogP contribution in [-0.2, 0) is 0 Å². The van der Waals surface area contributed by atoms with Crippen LogP contribution in [0.25, 0.3) is 0 Å². The van der Waals surface area contributed by atoms with Crippen molar-refractivity contribution in [3.63, 3.8) is 0 Å². The second kappa shape index (κ2) is 2.51. The lowest BCUT2D eigenvalue weighted by atomic mass is 9.78. The van der Waals surface area contributed by atoms with E-state index in [1.807, 2.05) is 0 Å². The highest BCUT2D eigenvalue weighted by molar-refractivity contribution is 5.04. The van der Waals surface area contributed by atoms with E-state index in [4.69, 9.17) is 6.42 Å². The van der Waals surface area contributed by atoms with Crippen LogP contribution >= 0.6 is 0 Å². The van der Waals surface area contributed by atoms with Crippen molar-refractivity contribution < 1.29 is 5.11 Å². The monoisotopic (exact) mass is 151 g/mol. The Morgan fingerprint density at radius 1 is 1.36 bits per heavy atom. The summed E-state index contributed by atoms with van der Waals surface area (Å²) in [6.07, 6.45) is 7.33. The lowest BCUT2D eigenvalue weighted by Gasteiger charge is -2.46. The lowest BCUT2D eigenvalue weighted by molar-refractivity contribution is -0.105. The fourth-order valence-corrected chi connectivity index (χ4v) is 2.24. The van der Waals surface area contributed by atoms with Gasteiger partial charge in [-0.15, -0.1) is 6.42 Å². The molecule has 3 aliphatic heterocycles. The number of hydrogen-bond acceptors (Lipinski definition) is 2. The lowest BCUT2D eigenvalue weighted by Crippen LogP contribution is -2.54. The maximum absolute atomic E-state index is 9.64. The van der Waals surface area contributed by atoms with Crippen LogP contribution in [0, 0.1) is 24.2 Å². The molecule has 0 amide bonds. The summed E-state index contributed by atoms with van der Waals surface area (Å²) in [5.41, 5.74) is 0. The molecule has 3 rings (SSSR count). The fourth-order valence-electron chi connectivity index (χ4n) is 2.24. The number of fused-ring (bicyclic) bond motifs is 3. The average Bonchev–Trinajstić information content (AvgIpc) is 2.06. The van der Waals surface area contributed by atoms with E-state index >= 15 is 0 Å². The SMILES string of the molecule is C#CC1C2CCN(CC2)C1O. The van der Waals surface area contributed by atoms with Gasteiger partial charge in [0, 0.05) is 13.1 Å². The van der Waals surface area contributed by atoms with Crippen molar-refractivity contribution in [3.05, 3.63) is 0 Å². The van der Waals surface area contributed by atoms with Crippen molar-refractivity contribution in [3.8, 4) is 12.3 Å². The summed E-state index contributed by atoms with van der Waals surface area (Å²) >= 11 is 0. The van der Waals surface area contributed by atoms with Crippen LogP contribution in [0.4, 0.5) is 0 Å². The minimum atomic E-state index is -0.354. The van der Waals surface area contributed by atoms with E-state index in [1.165, 1.54) is 12.8 Å². The molecular formula is C9H13NO. The van der Waals surface area contributed by atoms with E-state index in [0.717, 1.165) is 13.1 Å². The molecule has 2 unspecified atom stereocenters. The Hall–Kier alpha value is -0.520. The van der Waals surface area contributed by atoms with Crippen molar-refractivity contribution in [2.24, 2.45) is 11.8 Å². The number of nitrogens with zero attached hydrogens (tertiary/aromatic N) is 1. The first kappa shape index (κ1) is 7.15. The molecule has 3 fully saturated rings. The second-order valence-corrected chi connectivity index (χ2v) is 3.48. The standard InChI is InChI=1S/C9H13NO/c1-2-8-7-3-5-10(6-4-7)9(8)11/h1,7-9,11H,3-6H2. The molecular weight excluding hydrogens is 138 g/mol. The number of aliphatic hydroxyl groups excluding tert-OH is 1. The van der Waals surface area contributed by atoms with Gasteiger partial charge in [0.1, 0.15) is 6.23 Å². The molecule has 2 nitrogen and oxygen atoms in total. The van der Waals surface area contributed by atoms with Crippen LogP contribution in [0.1, 0.15) is 12.8 Å². The molecule has 2 atom stereocenters. The fraction of sp³-hybridized carbons (Fsp3) is 0.778. The van der Waals surface area contributed by atoms with E-state index in [1.54, 1.807) is 0 Å². The normalized spacial score (nSPS) is 48.7. The third-order valence-corrected chi connectivity index (χ3v) is 2.97. The first-order chi connectivity index (χ1) is 5.33. The third-order valence-electron chi connectivity index (χ3n) is 2.97. The summed E-state index contributed by atoms with van der Waals surface area (Å²) in [5.74, 6) is 3.37. The van der Waals surface area contributed by atoms with E-state index in [-0.39, 0.29) is 12.1 Å². The highest BCUT2D eigenvalue weighted by atomic mass is 16.3. The highest BCUT2D eigenvalue weighted by Gasteiger charge is 2.39. The minimum Gasteiger partial charge on any atom is -0.377 e. The van der Waals surface area contributed by atoms with E-state index in [0.29, 0.717) is 5.92 Å². The van der Waals surface area contributed by atoms with Gasteiger partial charge < -0.3 is 5.11 Å². The van der Waals surface area contributed by atoms with Crippen LogP contribution in [0.2, 0.25) is 0 Å². The Kier molecular flexibility index (Phi) is 1.63. The maximum Gasteiger partial charge on any atom is 0.121 e. The predicted octanol–water partition coefficient (Wildman–Crippen LogP) is 0.280. The molecule has 0 spiro atoms. The molecule has 0 aromatic rings. The van der Waals surface area contributed by atoms with E-state index in [9.17, 15) is 5.11 Å². The minimum absolute atomic E-state index is 0.0949. The number of hydrogen-bond donors (Lipinski definition) is 1. The van der Waals surface area contributed by atoms with Gasteiger partial charge >= 0.3 is 0 Å². The zero-order chi connectivity index (χ0) is 7.84. The van der Waals surface area contributed by atoms with Gasteiger partial charge in [-0.25, -0.2) is 0 Å². The first-order valence-electron chi connectivity index (χ1n) is 4.21. The van der Waals surface area contributed by atoms with Crippen molar-refractivity contribution in [2.45, 2.75) is 19.1 Å². The zero-order valence-electron chi connectivity index (χ0n) is 6.53. The summed E-state index contributed by atoms with van der Waals surface area (Å²) in [5, 5.41) is 9.64. The zero-order valence-corrected chi connectivity index (χ0v) is 6.53. The molecule has 2 heteroatoms. The van der Waals surface area contributed by atoms with Crippen molar-refractivity contribution >= 4 is 0 Å². The number of rotatable bonds is 0. The van der Waals surface area contributed by atoms with Crippen molar-refractivity contribution in [1.29, 1.82) is 0 Å². The first-order valence-corrected chi connectivity index (χ1v) is 4.21. The number of aliphatic hydroxyl groups is 1. The maximum atomic E-state index is 9.64. The number of terminal acetylenes is 1. The van der Waals surface area contributed by atoms with Crippen LogP contribution in [-0.4, -0.2) is 29.3 Å². The van der Waals surface area contributed by atoms with Gasteiger partial charge in [0.2, 0.25) is 0 Å². The summed E-state index contributed by atoms with van der Waals surface area (Å²) in [6, 6.07) is 0. The Labute approximate surface area is 67.2 Å². The Balaban J connectivity index is 2.18. The summed E-state index contributed by atoms with van der Waals surface area (Å²) in [7, 11) is 0. The van der Waals surface area contributed by atoms with Gasteiger partial charge in [-0.05, 0) is 18.8 Å². The van der Waals surface area contributed by atoms with Gasteiger partial charge in [-0.2, -0.15) is 0 Å². The smallest absolute Gasteiger partial charge is 0.121 e. The molecule has 0 radical (unpaired) electrons. The molecule has 11 heavy (non-hydrogen) atoms. The molecule has 0 aromatic heterocycles. The highest BCUT2D eigenvalue weighted by Crippen LogP contribution is 2.35. The Morgan fingerprint density at radius 3 is 2.36 bits per heavy atom. The summed E-state index contributed by atoms with van der Waals surface area (Å²) in [6.45, 7) is 2.06. The number of piperidine rings is 3. The summed E-state index contributed by atoms with van der Waals surface area (Å²) < 4.78 is 0. The van der Waals surface area contributed by atoms with Crippen molar-refractivity contribution in [1.82, 2.24) is 4.90 Å². The topological polar surface area (TPSA) is 23.5 Å². The Bertz CT molecular complexity index is 186. The van der Waals surface area contributed by atoms with Gasteiger partial charge in [0.05, 0.1) is 5.92 Å². The molecule has 60 valence electrons. The van der Waals surface area contributed by atoms with Crippen LogP contribution in [0.5, 0.6) is 0 Å². The second-order valence-electron chi connectivity index (χ2n) is 3.48. The largest absolute Gasteiger partial charge is 0.377 e. The molecule has 0 aromatic carbocycles. The van der Waals surface area contributed by atoms with E-state index < -0.39 is 0 Å². The molecule has 3 saturated heterocycles. The van der Waals surface area contributed by atoms with Crippen LogP contribution in [0.3, 0.4) is 0 Å². The molecule has 0 aliphatic carbocycles. The molecule has 3 heterocycles. The molecule has 0 saturated carbocycles. The third kappa shape index (κ3) is 0.962. The summed E-state index contributed by atoms with van der Waals surface area (Å²) in [4.78, 5) is 2.09. The van der Waals surface area contributed by atoms with Gasteiger partial charge in [-0.3, -0.25) is 4.90 Å². The van der Waals surface area contributed by atoms with Gasteiger partial charge in [-0.1, -0.05) is 5.92 Å². The van der Waals surface area contributed by atoms with E-state index in [2.05, 4.69) is 10.8 Å². The predicted molar refractivity (Wildman–Crippen MR) is 42.6 cm³/mol. The molecule has 1 N–H and O–H groups in total. The Morgan fingerprint density at radius 2 is 2.00 bits per heavy atom. The van der Waals surface area contributed by atoms with Crippen LogP contribution < -0.4 is 0 Å². The van der Waals surface area contributed by atoms with Crippen molar-refractivity contribution in [2.75, 3.05) is 13.1 Å².